The smallest absolute Gasteiger partial charge is 0.263 e. The van der Waals surface area contributed by atoms with Crippen LogP contribution in [0.2, 0.25) is 0 Å². The largest absolute Gasteiger partial charge is 0.368 e. The Morgan fingerprint density at radius 1 is 1.35 bits per heavy atom. The van der Waals surface area contributed by atoms with E-state index in [1.165, 1.54) is 22.2 Å². The summed E-state index contributed by atoms with van der Waals surface area (Å²) >= 11 is 3.11. The van der Waals surface area contributed by atoms with Crippen LogP contribution in [0.25, 0.3) is 10.2 Å². The van der Waals surface area contributed by atoms with Crippen molar-refractivity contribution in [1.29, 1.82) is 0 Å². The molecule has 0 spiro atoms. The number of rotatable bonds is 6. The first kappa shape index (κ1) is 21.8. The van der Waals surface area contributed by atoms with Crippen molar-refractivity contribution in [1.82, 2.24) is 24.5 Å². The number of nitrogen functional groups attached to an aromatic ring is 1. The second kappa shape index (κ2) is 8.58. The zero-order valence-corrected chi connectivity index (χ0v) is 19.9. The van der Waals surface area contributed by atoms with Gasteiger partial charge in [0.05, 0.1) is 10.6 Å². The maximum absolute atomic E-state index is 13.5. The average molecular weight is 458 g/mol. The van der Waals surface area contributed by atoms with Crippen molar-refractivity contribution in [2.24, 2.45) is 5.92 Å². The molecular weight excluding hydrogens is 430 g/mol. The Kier molecular flexibility index (Phi) is 6.02. The second-order valence-corrected chi connectivity index (χ2v) is 10.5. The Morgan fingerprint density at radius 2 is 2.13 bits per heavy atom. The molecule has 2 N–H and O–H groups in total. The number of nitrogens with zero attached hydrogens (tertiary/aromatic N) is 6. The minimum atomic E-state index is -0.168. The monoisotopic (exact) mass is 457 g/mol. The van der Waals surface area contributed by atoms with Crippen LogP contribution < -0.4 is 16.2 Å². The predicted molar refractivity (Wildman–Crippen MR) is 128 cm³/mol. The number of hydrogen-bond donors (Lipinski definition) is 1. The van der Waals surface area contributed by atoms with E-state index < -0.39 is 0 Å². The maximum atomic E-state index is 13.5. The summed E-state index contributed by atoms with van der Waals surface area (Å²) < 4.78 is 1.71. The highest BCUT2D eigenvalue weighted by atomic mass is 32.2. The van der Waals surface area contributed by atoms with Crippen LogP contribution in [0.15, 0.2) is 22.6 Å². The highest BCUT2D eigenvalue weighted by Gasteiger charge is 2.25. The van der Waals surface area contributed by atoms with Gasteiger partial charge >= 0.3 is 0 Å². The van der Waals surface area contributed by atoms with Gasteiger partial charge in [-0.2, -0.15) is 15.0 Å². The van der Waals surface area contributed by atoms with Gasteiger partial charge < -0.3 is 10.6 Å². The van der Waals surface area contributed by atoms with Gasteiger partial charge in [0, 0.05) is 25.5 Å². The minimum absolute atomic E-state index is 0.00999. The predicted octanol–water partition coefficient (Wildman–Crippen LogP) is 3.46. The molecule has 0 saturated heterocycles. The van der Waals surface area contributed by atoms with E-state index in [0.29, 0.717) is 29.4 Å². The quantitative estimate of drug-likeness (QED) is 0.341. The van der Waals surface area contributed by atoms with Crippen LogP contribution >= 0.6 is 23.1 Å². The third-order valence-corrected chi connectivity index (χ3v) is 7.63. The Bertz CT molecular complexity index is 1200. The molecule has 8 nitrogen and oxygen atoms in total. The van der Waals surface area contributed by atoms with Crippen LogP contribution in [0.4, 0.5) is 11.9 Å². The molecule has 0 saturated carbocycles. The van der Waals surface area contributed by atoms with Crippen LogP contribution in [0.1, 0.15) is 41.8 Å². The lowest BCUT2D eigenvalue weighted by Gasteiger charge is -2.18. The van der Waals surface area contributed by atoms with Crippen molar-refractivity contribution < 1.29 is 0 Å². The van der Waals surface area contributed by atoms with Gasteiger partial charge in [-0.3, -0.25) is 9.36 Å². The molecule has 164 valence electrons. The number of aromatic nitrogens is 5. The van der Waals surface area contributed by atoms with Crippen LogP contribution in [-0.4, -0.2) is 38.6 Å². The Labute approximate surface area is 189 Å². The van der Waals surface area contributed by atoms with E-state index in [0.717, 1.165) is 29.5 Å². The van der Waals surface area contributed by atoms with Crippen LogP contribution in [-0.2, 0) is 19.4 Å². The molecule has 10 heteroatoms. The average Bonchev–Trinajstić information content (AvgIpc) is 3.07. The van der Waals surface area contributed by atoms with Gasteiger partial charge in [0.2, 0.25) is 11.9 Å². The number of allylic oxidation sites excluding steroid dienone is 1. The van der Waals surface area contributed by atoms with Crippen molar-refractivity contribution in [3.63, 3.8) is 0 Å². The lowest BCUT2D eigenvalue weighted by molar-refractivity contribution is 0.509. The molecule has 1 aliphatic rings. The molecule has 3 aromatic rings. The first-order valence-electron chi connectivity index (χ1n) is 10.3. The minimum Gasteiger partial charge on any atom is -0.368 e. The summed E-state index contributed by atoms with van der Waals surface area (Å²) in [6.45, 7) is 8.48. The summed E-state index contributed by atoms with van der Waals surface area (Å²) in [5, 5.41) is 1.26. The molecule has 0 bridgehead atoms. The summed E-state index contributed by atoms with van der Waals surface area (Å²) in [5.41, 5.74) is 7.09. The number of nitrogens with two attached hydrogens (primary N) is 1. The number of thioether (sulfide) groups is 1. The number of aryl methyl sites for hydroxylation is 1. The summed E-state index contributed by atoms with van der Waals surface area (Å²) in [6.07, 6.45) is 4.81. The van der Waals surface area contributed by atoms with Gasteiger partial charge in [-0.15, -0.1) is 17.9 Å². The van der Waals surface area contributed by atoms with Crippen molar-refractivity contribution in [2.45, 2.75) is 50.1 Å². The SMILES string of the molecule is C=CCn1c(S[C@@H](C)c2nc(N)nc(N(C)C)n2)nc2sc3c(c2c1=O)CC[C@H](C)C3. The van der Waals surface area contributed by atoms with E-state index in [-0.39, 0.29) is 16.8 Å². The van der Waals surface area contributed by atoms with Crippen molar-refractivity contribution in [2.75, 3.05) is 24.7 Å². The fourth-order valence-electron chi connectivity index (χ4n) is 3.77. The molecule has 31 heavy (non-hydrogen) atoms. The fourth-order valence-corrected chi connectivity index (χ4v) is 6.16. The van der Waals surface area contributed by atoms with Crippen LogP contribution in [0.3, 0.4) is 0 Å². The molecule has 3 aromatic heterocycles. The van der Waals surface area contributed by atoms with Gasteiger partial charge in [0.25, 0.3) is 5.56 Å². The van der Waals surface area contributed by atoms with Crippen molar-refractivity contribution in [3.05, 3.63) is 39.3 Å². The Balaban J connectivity index is 1.77. The Hall–Kier alpha value is -2.46. The lowest BCUT2D eigenvalue weighted by Crippen LogP contribution is -2.24. The highest BCUT2D eigenvalue weighted by molar-refractivity contribution is 7.99. The van der Waals surface area contributed by atoms with Gasteiger partial charge in [-0.1, -0.05) is 24.8 Å². The molecule has 3 heterocycles. The highest BCUT2D eigenvalue weighted by Crippen LogP contribution is 2.38. The molecule has 0 amide bonds. The van der Waals surface area contributed by atoms with E-state index in [9.17, 15) is 4.79 Å². The molecule has 2 atom stereocenters. The molecular formula is C21H27N7OS2. The van der Waals surface area contributed by atoms with Gasteiger partial charge in [0.1, 0.15) is 10.7 Å². The summed E-state index contributed by atoms with van der Waals surface area (Å²) in [4.78, 5) is 35.3. The summed E-state index contributed by atoms with van der Waals surface area (Å²) in [7, 11) is 3.71. The zero-order chi connectivity index (χ0) is 22.3. The zero-order valence-electron chi connectivity index (χ0n) is 18.3. The van der Waals surface area contributed by atoms with E-state index >= 15 is 0 Å². The number of thiophene rings is 1. The number of hydrogen-bond acceptors (Lipinski definition) is 9. The normalized spacial score (nSPS) is 16.8. The molecule has 0 fully saturated rings. The van der Waals surface area contributed by atoms with E-state index in [1.54, 1.807) is 26.9 Å². The maximum Gasteiger partial charge on any atom is 0.263 e. The fraction of sp³-hybridized carbons (Fsp3) is 0.476. The molecule has 0 radical (unpaired) electrons. The first-order chi connectivity index (χ1) is 14.8. The molecule has 0 unspecified atom stereocenters. The third-order valence-electron chi connectivity index (χ3n) is 5.40. The first-order valence-corrected chi connectivity index (χ1v) is 12.0. The summed E-state index contributed by atoms with van der Waals surface area (Å²) in [6, 6.07) is 0. The van der Waals surface area contributed by atoms with Gasteiger partial charge in [-0.05, 0) is 37.7 Å². The Morgan fingerprint density at radius 3 is 2.84 bits per heavy atom. The van der Waals surface area contributed by atoms with Crippen LogP contribution in [0.5, 0.6) is 0 Å². The van der Waals surface area contributed by atoms with E-state index in [2.05, 4.69) is 28.5 Å². The molecule has 1 aliphatic carbocycles. The van der Waals surface area contributed by atoms with Crippen molar-refractivity contribution in [3.8, 4) is 0 Å². The lowest BCUT2D eigenvalue weighted by atomic mass is 9.89. The van der Waals surface area contributed by atoms with Gasteiger partial charge in [0.15, 0.2) is 5.16 Å². The molecule has 4 rings (SSSR count). The van der Waals surface area contributed by atoms with E-state index in [4.69, 9.17) is 10.7 Å². The standard InChI is InChI=1S/C21H27N7OS2/c1-6-9-28-18(29)15-13-8-7-11(2)10-14(13)31-17(15)25-21(28)30-12(3)16-23-19(22)26-20(24-16)27(4)5/h6,11-12H,1,7-10H2,2-5H3,(H2,22,23,24,26)/t11-,12-/m0/s1. The topological polar surface area (TPSA) is 103 Å². The number of fused-ring (bicyclic) bond motifs is 3. The van der Waals surface area contributed by atoms with Crippen LogP contribution in [0, 0.1) is 5.92 Å². The third kappa shape index (κ3) is 4.18. The molecule has 0 aliphatic heterocycles. The van der Waals surface area contributed by atoms with Crippen molar-refractivity contribution >= 4 is 45.2 Å². The molecule has 0 aromatic carbocycles. The summed E-state index contributed by atoms with van der Waals surface area (Å²) in [5.74, 6) is 1.88. The second-order valence-electron chi connectivity index (χ2n) is 8.14. The van der Waals surface area contributed by atoms with E-state index in [1.807, 2.05) is 21.0 Å². The number of anilines is 2. The van der Waals surface area contributed by atoms with Gasteiger partial charge in [-0.25, -0.2) is 4.98 Å².